The molecule has 0 heterocycles. The first-order valence-corrected chi connectivity index (χ1v) is 9.37. The van der Waals surface area contributed by atoms with Crippen molar-refractivity contribution in [2.45, 2.75) is 20.8 Å². The second kappa shape index (κ2) is 7.25. The average molecular weight is 347 g/mol. The van der Waals surface area contributed by atoms with Crippen molar-refractivity contribution in [3.8, 4) is 33.4 Å². The Bertz CT molecular complexity index is 987. The number of hydrogen-bond donors (Lipinski definition) is 0. The van der Waals surface area contributed by atoms with Gasteiger partial charge in [-0.15, -0.1) is 0 Å². The van der Waals surface area contributed by atoms with E-state index in [9.17, 15) is 0 Å². The Labute approximate surface area is 162 Å². The van der Waals surface area contributed by atoms with Crippen LogP contribution in [0.2, 0.25) is 0 Å². The summed E-state index contributed by atoms with van der Waals surface area (Å²) < 4.78 is 0. The van der Waals surface area contributed by atoms with Crippen LogP contribution < -0.4 is 0 Å². The van der Waals surface area contributed by atoms with Gasteiger partial charge in [0.2, 0.25) is 0 Å². The smallest absolute Gasteiger partial charge is 0.00203 e. The third kappa shape index (κ3) is 3.57. The Morgan fingerprint density at radius 1 is 0.481 bits per heavy atom. The molecule has 0 N–H and O–H groups in total. The normalized spacial score (nSPS) is 10.8. The lowest BCUT2D eigenvalue weighted by Crippen LogP contribution is -1.91. The van der Waals surface area contributed by atoms with Gasteiger partial charge in [0, 0.05) is 0 Å². The van der Waals surface area contributed by atoms with Crippen molar-refractivity contribution in [2.75, 3.05) is 0 Å². The van der Waals surface area contributed by atoms with E-state index in [2.05, 4.69) is 106 Å². The van der Waals surface area contributed by atoms with E-state index in [0.717, 1.165) is 5.56 Å². The Morgan fingerprint density at radius 3 is 1.44 bits per heavy atom. The van der Waals surface area contributed by atoms with Crippen LogP contribution in [0.4, 0.5) is 0 Å². The maximum atomic E-state index is 3.51. The molecule has 0 heteroatoms. The maximum absolute atomic E-state index is 3.51. The summed E-state index contributed by atoms with van der Waals surface area (Å²) in [6.45, 7) is 6.38. The van der Waals surface area contributed by atoms with Crippen molar-refractivity contribution in [1.29, 1.82) is 0 Å². The number of hydrogen-bond acceptors (Lipinski definition) is 0. The van der Waals surface area contributed by atoms with E-state index in [4.69, 9.17) is 0 Å². The lowest BCUT2D eigenvalue weighted by atomic mass is 9.87. The standard InChI is InChI=1S/C27H23/c1-19-7-13-22(14-8-19)25-5-4-6-26(23-15-9-20(2)10-16-23)27(25)24-17-11-21(3)12-18-24/h4-5,7-18H,1-3H3. The second-order valence-corrected chi connectivity index (χ2v) is 7.24. The highest BCUT2D eigenvalue weighted by Crippen LogP contribution is 2.39. The molecule has 0 nitrogen and oxygen atoms in total. The van der Waals surface area contributed by atoms with Gasteiger partial charge in [0.25, 0.3) is 0 Å². The Hall–Kier alpha value is -3.12. The summed E-state index contributed by atoms with van der Waals surface area (Å²) in [5, 5.41) is 0. The molecule has 0 atom stereocenters. The second-order valence-electron chi connectivity index (χ2n) is 7.24. The third-order valence-electron chi connectivity index (χ3n) is 5.04. The minimum absolute atomic E-state index is 1.15. The molecule has 131 valence electrons. The van der Waals surface area contributed by atoms with Crippen LogP contribution in [-0.2, 0) is 0 Å². The van der Waals surface area contributed by atoms with Crippen LogP contribution in [0, 0.1) is 26.8 Å². The predicted octanol–water partition coefficient (Wildman–Crippen LogP) is 7.41. The molecule has 0 aliphatic heterocycles. The van der Waals surface area contributed by atoms with Gasteiger partial charge < -0.3 is 0 Å². The Kier molecular flexibility index (Phi) is 4.64. The van der Waals surface area contributed by atoms with Gasteiger partial charge in [0.05, 0.1) is 0 Å². The molecule has 1 radical (unpaired) electrons. The minimum Gasteiger partial charge on any atom is -0.0587 e. The molecule has 27 heavy (non-hydrogen) atoms. The van der Waals surface area contributed by atoms with Crippen molar-refractivity contribution in [2.24, 2.45) is 0 Å². The molecular weight excluding hydrogens is 324 g/mol. The summed E-state index contributed by atoms with van der Waals surface area (Å²) in [5.41, 5.74) is 11.1. The van der Waals surface area contributed by atoms with Gasteiger partial charge in [-0.2, -0.15) is 0 Å². The molecule has 4 rings (SSSR count). The van der Waals surface area contributed by atoms with E-state index >= 15 is 0 Å². The van der Waals surface area contributed by atoms with Gasteiger partial charge in [-0.1, -0.05) is 102 Å². The highest BCUT2D eigenvalue weighted by molar-refractivity contribution is 5.94. The highest BCUT2D eigenvalue weighted by Gasteiger charge is 2.14. The molecule has 0 spiro atoms. The summed E-state index contributed by atoms with van der Waals surface area (Å²) in [7, 11) is 0. The average Bonchev–Trinajstić information content (AvgIpc) is 2.69. The SMILES string of the molecule is Cc1ccc(-c2[c]ccc(-c3ccc(C)cc3)c2-c2ccc(C)cc2)cc1. The summed E-state index contributed by atoms with van der Waals surface area (Å²) >= 11 is 0. The Balaban J connectivity index is 1.99. The topological polar surface area (TPSA) is 0 Å². The van der Waals surface area contributed by atoms with Crippen LogP contribution in [-0.4, -0.2) is 0 Å². The van der Waals surface area contributed by atoms with Crippen molar-refractivity contribution < 1.29 is 0 Å². The number of aryl methyl sites for hydroxylation is 3. The van der Waals surface area contributed by atoms with Crippen molar-refractivity contribution in [1.82, 2.24) is 0 Å². The van der Waals surface area contributed by atoms with Gasteiger partial charge in [0.15, 0.2) is 0 Å². The van der Waals surface area contributed by atoms with Crippen molar-refractivity contribution in [3.63, 3.8) is 0 Å². The fourth-order valence-electron chi connectivity index (χ4n) is 3.44. The molecular formula is C27H23. The lowest BCUT2D eigenvalue weighted by molar-refractivity contribution is 1.44. The maximum Gasteiger partial charge on any atom is -0.00203 e. The molecule has 0 saturated carbocycles. The molecule has 4 aromatic rings. The molecule has 4 aromatic carbocycles. The van der Waals surface area contributed by atoms with Crippen LogP contribution >= 0.6 is 0 Å². The molecule has 0 aliphatic rings. The van der Waals surface area contributed by atoms with E-state index in [1.807, 2.05) is 6.07 Å². The fourth-order valence-corrected chi connectivity index (χ4v) is 3.44. The number of rotatable bonds is 3. The molecule has 0 amide bonds. The van der Waals surface area contributed by atoms with E-state index in [1.54, 1.807) is 0 Å². The van der Waals surface area contributed by atoms with Gasteiger partial charge in [-0.25, -0.2) is 0 Å². The Morgan fingerprint density at radius 2 is 0.926 bits per heavy atom. The van der Waals surface area contributed by atoms with Gasteiger partial charge in [-0.05, 0) is 60.2 Å². The van der Waals surface area contributed by atoms with Gasteiger partial charge in [-0.3, -0.25) is 0 Å². The van der Waals surface area contributed by atoms with Crippen LogP contribution in [0.15, 0.2) is 84.9 Å². The molecule has 0 bridgehead atoms. The van der Waals surface area contributed by atoms with Crippen LogP contribution in [0.25, 0.3) is 33.4 Å². The molecule has 0 fully saturated rings. The first kappa shape index (κ1) is 17.3. The number of benzene rings is 4. The van der Waals surface area contributed by atoms with E-state index in [-0.39, 0.29) is 0 Å². The molecule has 0 saturated heterocycles. The zero-order chi connectivity index (χ0) is 18.8. The van der Waals surface area contributed by atoms with E-state index in [0.29, 0.717) is 0 Å². The van der Waals surface area contributed by atoms with Crippen LogP contribution in [0.3, 0.4) is 0 Å². The predicted molar refractivity (Wildman–Crippen MR) is 116 cm³/mol. The highest BCUT2D eigenvalue weighted by atomic mass is 14.2. The third-order valence-corrected chi connectivity index (χ3v) is 5.04. The monoisotopic (exact) mass is 347 g/mol. The van der Waals surface area contributed by atoms with Crippen LogP contribution in [0.1, 0.15) is 16.7 Å². The quantitative estimate of drug-likeness (QED) is 0.362. The summed E-state index contributed by atoms with van der Waals surface area (Å²) in [5.74, 6) is 0. The van der Waals surface area contributed by atoms with E-state index in [1.165, 1.54) is 44.5 Å². The molecule has 0 aliphatic carbocycles. The van der Waals surface area contributed by atoms with E-state index < -0.39 is 0 Å². The summed E-state index contributed by atoms with van der Waals surface area (Å²) in [6, 6.07) is 34.0. The largest absolute Gasteiger partial charge is 0.0587 e. The summed E-state index contributed by atoms with van der Waals surface area (Å²) in [6.07, 6.45) is 0. The minimum atomic E-state index is 1.15. The lowest BCUT2D eigenvalue weighted by Gasteiger charge is -2.16. The van der Waals surface area contributed by atoms with Crippen LogP contribution in [0.5, 0.6) is 0 Å². The van der Waals surface area contributed by atoms with Crippen molar-refractivity contribution >= 4 is 0 Å². The first-order chi connectivity index (χ1) is 13.1. The van der Waals surface area contributed by atoms with Crippen molar-refractivity contribution in [3.05, 3.63) is 108 Å². The molecule has 0 aromatic heterocycles. The zero-order valence-electron chi connectivity index (χ0n) is 16.1. The van der Waals surface area contributed by atoms with Gasteiger partial charge >= 0.3 is 0 Å². The fraction of sp³-hybridized carbons (Fsp3) is 0.111. The molecule has 0 unspecified atom stereocenters. The zero-order valence-corrected chi connectivity index (χ0v) is 16.1. The van der Waals surface area contributed by atoms with Gasteiger partial charge in [0.1, 0.15) is 0 Å². The summed E-state index contributed by atoms with van der Waals surface area (Å²) in [4.78, 5) is 0. The first-order valence-electron chi connectivity index (χ1n) is 9.37.